The minimum Gasteiger partial charge on any atom is -0.496 e. The van der Waals surface area contributed by atoms with Crippen molar-refractivity contribution in [2.75, 3.05) is 7.11 Å². The van der Waals surface area contributed by atoms with Gasteiger partial charge in [-0.3, -0.25) is 0 Å². The molecule has 0 fully saturated rings. The first-order chi connectivity index (χ1) is 12.2. The van der Waals surface area contributed by atoms with Gasteiger partial charge in [-0.2, -0.15) is 0 Å². The highest BCUT2D eigenvalue weighted by atomic mass is 19.1. The molecule has 0 bridgehead atoms. The average molecular weight is 338 g/mol. The molecule has 0 aliphatic heterocycles. The van der Waals surface area contributed by atoms with Crippen LogP contribution in [0.5, 0.6) is 11.5 Å². The maximum atomic E-state index is 13.1. The van der Waals surface area contributed by atoms with E-state index in [4.69, 9.17) is 9.47 Å². The molecule has 0 radical (unpaired) electrons. The van der Waals surface area contributed by atoms with Gasteiger partial charge in [-0.25, -0.2) is 4.39 Å². The summed E-state index contributed by atoms with van der Waals surface area (Å²) in [5.41, 5.74) is 2.53. The van der Waals surface area contributed by atoms with E-state index in [1.54, 1.807) is 43.5 Å². The zero-order valence-corrected chi connectivity index (χ0v) is 13.9. The highest BCUT2D eigenvalue weighted by molar-refractivity contribution is 5.43. The van der Waals surface area contributed by atoms with Gasteiger partial charge in [0.05, 0.1) is 7.11 Å². The Morgan fingerprint density at radius 2 is 1.68 bits per heavy atom. The van der Waals surface area contributed by atoms with E-state index < -0.39 is 6.29 Å². The Kier molecular flexibility index (Phi) is 5.31. The number of benzene rings is 3. The summed E-state index contributed by atoms with van der Waals surface area (Å²) >= 11 is 0. The van der Waals surface area contributed by atoms with Crippen molar-refractivity contribution >= 4 is 0 Å². The molecule has 4 heteroatoms. The van der Waals surface area contributed by atoms with Gasteiger partial charge in [-0.1, -0.05) is 42.5 Å². The summed E-state index contributed by atoms with van der Waals surface area (Å²) in [4.78, 5) is 0. The molecule has 0 heterocycles. The molecule has 0 saturated heterocycles. The minimum absolute atomic E-state index is 0.265. The average Bonchev–Trinajstić information content (AvgIpc) is 2.64. The summed E-state index contributed by atoms with van der Waals surface area (Å²) in [6, 6.07) is 20.9. The van der Waals surface area contributed by atoms with Gasteiger partial charge >= 0.3 is 0 Å². The summed E-state index contributed by atoms with van der Waals surface area (Å²) in [6.45, 7) is 0. The third kappa shape index (κ3) is 4.37. The second-order valence-corrected chi connectivity index (χ2v) is 5.66. The van der Waals surface area contributed by atoms with Crippen LogP contribution in [0.2, 0.25) is 0 Å². The monoisotopic (exact) mass is 338 g/mol. The van der Waals surface area contributed by atoms with E-state index in [-0.39, 0.29) is 5.82 Å². The van der Waals surface area contributed by atoms with Gasteiger partial charge in [0.25, 0.3) is 0 Å². The number of aliphatic hydroxyl groups excluding tert-OH is 1. The van der Waals surface area contributed by atoms with Crippen molar-refractivity contribution in [2.24, 2.45) is 0 Å². The highest BCUT2D eigenvalue weighted by Crippen LogP contribution is 2.28. The highest BCUT2D eigenvalue weighted by Gasteiger charge is 2.11. The molecule has 0 spiro atoms. The van der Waals surface area contributed by atoms with Crippen molar-refractivity contribution in [3.8, 4) is 11.5 Å². The number of hydrogen-bond donors (Lipinski definition) is 1. The van der Waals surface area contributed by atoms with Crippen LogP contribution < -0.4 is 9.47 Å². The maximum absolute atomic E-state index is 13.1. The van der Waals surface area contributed by atoms with E-state index in [0.29, 0.717) is 23.5 Å². The number of halogens is 1. The largest absolute Gasteiger partial charge is 0.496 e. The predicted octanol–water partition coefficient (Wildman–Crippen LogP) is 4.50. The summed E-state index contributed by atoms with van der Waals surface area (Å²) in [6.07, 6.45) is -0.476. The first kappa shape index (κ1) is 17.0. The molecule has 3 nitrogen and oxygen atoms in total. The van der Waals surface area contributed by atoms with E-state index in [9.17, 15) is 9.50 Å². The fraction of sp³-hybridized carbons (Fsp3) is 0.143. The quantitative estimate of drug-likeness (QED) is 0.673. The van der Waals surface area contributed by atoms with E-state index >= 15 is 0 Å². The summed E-state index contributed by atoms with van der Waals surface area (Å²) in [5.74, 6) is 0.985. The fourth-order valence-corrected chi connectivity index (χ4v) is 2.60. The van der Waals surface area contributed by atoms with Crippen LogP contribution in [-0.2, 0) is 6.42 Å². The SMILES string of the molecule is COc1ccc(OC(O)c2ccccc2)cc1Cc1ccc(F)cc1. The Morgan fingerprint density at radius 3 is 2.36 bits per heavy atom. The normalized spacial score (nSPS) is 11.8. The molecule has 3 aromatic rings. The van der Waals surface area contributed by atoms with Crippen LogP contribution >= 0.6 is 0 Å². The van der Waals surface area contributed by atoms with Crippen LogP contribution in [0.1, 0.15) is 23.0 Å². The molecule has 3 rings (SSSR count). The van der Waals surface area contributed by atoms with Crippen molar-refractivity contribution in [3.05, 3.63) is 95.3 Å². The summed E-state index contributed by atoms with van der Waals surface area (Å²) in [7, 11) is 1.60. The van der Waals surface area contributed by atoms with Gasteiger partial charge in [0.15, 0.2) is 0 Å². The van der Waals surface area contributed by atoms with E-state index in [1.807, 2.05) is 24.3 Å². The minimum atomic E-state index is -1.05. The molecule has 1 atom stereocenters. The van der Waals surface area contributed by atoms with Crippen molar-refractivity contribution in [2.45, 2.75) is 12.7 Å². The Balaban J connectivity index is 1.80. The van der Waals surface area contributed by atoms with Crippen LogP contribution in [-0.4, -0.2) is 12.2 Å². The van der Waals surface area contributed by atoms with Crippen LogP contribution in [0.15, 0.2) is 72.8 Å². The molecule has 3 aromatic carbocycles. The van der Waals surface area contributed by atoms with E-state index in [1.165, 1.54) is 12.1 Å². The molecule has 25 heavy (non-hydrogen) atoms. The molecule has 128 valence electrons. The Labute approximate surface area is 146 Å². The number of methoxy groups -OCH3 is 1. The molecule has 1 unspecified atom stereocenters. The third-order valence-corrected chi connectivity index (χ3v) is 3.89. The van der Waals surface area contributed by atoms with Crippen molar-refractivity contribution < 1.29 is 19.0 Å². The molecule has 0 aliphatic carbocycles. The van der Waals surface area contributed by atoms with Crippen LogP contribution in [0.3, 0.4) is 0 Å². The lowest BCUT2D eigenvalue weighted by molar-refractivity contribution is -0.0195. The van der Waals surface area contributed by atoms with Gasteiger partial charge in [-0.15, -0.1) is 0 Å². The van der Waals surface area contributed by atoms with Gasteiger partial charge < -0.3 is 14.6 Å². The number of rotatable bonds is 6. The second-order valence-electron chi connectivity index (χ2n) is 5.66. The first-order valence-corrected chi connectivity index (χ1v) is 7.97. The molecule has 0 aliphatic rings. The number of ether oxygens (including phenoxy) is 2. The Bertz CT molecular complexity index is 816. The second kappa shape index (κ2) is 7.81. The molecule has 1 N–H and O–H groups in total. The van der Waals surface area contributed by atoms with Gasteiger partial charge in [0.1, 0.15) is 17.3 Å². The number of aliphatic hydroxyl groups is 1. The molecule has 0 saturated carbocycles. The molecule has 0 aromatic heterocycles. The topological polar surface area (TPSA) is 38.7 Å². The lowest BCUT2D eigenvalue weighted by atomic mass is 10.0. The fourth-order valence-electron chi connectivity index (χ4n) is 2.60. The maximum Gasteiger partial charge on any atom is 0.224 e. The lowest BCUT2D eigenvalue weighted by Crippen LogP contribution is -2.06. The summed E-state index contributed by atoms with van der Waals surface area (Å²) < 4.78 is 24.1. The smallest absolute Gasteiger partial charge is 0.224 e. The molecular weight excluding hydrogens is 319 g/mol. The lowest BCUT2D eigenvalue weighted by Gasteiger charge is -2.16. The molecule has 0 amide bonds. The Morgan fingerprint density at radius 1 is 0.960 bits per heavy atom. The Hall–Kier alpha value is -2.85. The van der Waals surface area contributed by atoms with Crippen LogP contribution in [0.25, 0.3) is 0 Å². The third-order valence-electron chi connectivity index (χ3n) is 3.89. The van der Waals surface area contributed by atoms with Gasteiger partial charge in [-0.05, 0) is 35.9 Å². The van der Waals surface area contributed by atoms with Crippen molar-refractivity contribution in [1.29, 1.82) is 0 Å². The summed E-state index contributed by atoms with van der Waals surface area (Å²) in [5, 5.41) is 10.2. The van der Waals surface area contributed by atoms with Crippen LogP contribution in [0, 0.1) is 5.82 Å². The molecular formula is C21H19FO3. The first-order valence-electron chi connectivity index (χ1n) is 7.97. The van der Waals surface area contributed by atoms with Gasteiger partial charge in [0.2, 0.25) is 6.29 Å². The van der Waals surface area contributed by atoms with E-state index in [2.05, 4.69) is 0 Å². The van der Waals surface area contributed by atoms with Crippen molar-refractivity contribution in [3.63, 3.8) is 0 Å². The number of hydrogen-bond acceptors (Lipinski definition) is 3. The standard InChI is InChI=1S/C21H19FO3/c1-24-20-12-11-19(25-21(23)16-5-3-2-4-6-16)14-17(20)13-15-7-9-18(22)10-8-15/h2-12,14,21,23H,13H2,1H3. The predicted molar refractivity (Wildman–Crippen MR) is 94.2 cm³/mol. The zero-order valence-electron chi connectivity index (χ0n) is 13.9. The van der Waals surface area contributed by atoms with Crippen LogP contribution in [0.4, 0.5) is 4.39 Å². The van der Waals surface area contributed by atoms with E-state index in [0.717, 1.165) is 11.1 Å². The van der Waals surface area contributed by atoms with Crippen molar-refractivity contribution in [1.82, 2.24) is 0 Å². The zero-order chi connectivity index (χ0) is 17.6. The van der Waals surface area contributed by atoms with Gasteiger partial charge in [0, 0.05) is 17.5 Å².